The van der Waals surface area contributed by atoms with Crippen LogP contribution in [0.2, 0.25) is 0 Å². The van der Waals surface area contributed by atoms with Gasteiger partial charge in [-0.1, -0.05) is 50.2 Å². The van der Waals surface area contributed by atoms with Gasteiger partial charge in [0.25, 0.3) is 0 Å². The summed E-state index contributed by atoms with van der Waals surface area (Å²) in [6.07, 6.45) is 0.400. The summed E-state index contributed by atoms with van der Waals surface area (Å²) in [6, 6.07) is 14.0. The topological polar surface area (TPSA) is 92.3 Å². The van der Waals surface area contributed by atoms with Gasteiger partial charge in [0.05, 0.1) is 18.6 Å². The molecule has 23 heavy (non-hydrogen) atoms. The van der Waals surface area contributed by atoms with Crippen LogP contribution in [0, 0.1) is 0 Å². The van der Waals surface area contributed by atoms with Crippen LogP contribution in [-0.2, 0) is 10.2 Å². The normalized spacial score (nSPS) is 15.9. The van der Waals surface area contributed by atoms with Crippen LogP contribution in [0.1, 0.15) is 25.0 Å². The van der Waals surface area contributed by atoms with Crippen molar-refractivity contribution in [2.75, 3.05) is 12.5 Å². The van der Waals surface area contributed by atoms with Gasteiger partial charge in [-0.05, 0) is 23.3 Å². The van der Waals surface area contributed by atoms with E-state index in [1.807, 2.05) is 24.3 Å². The summed E-state index contributed by atoms with van der Waals surface area (Å²) in [6.45, 7) is 5.07. The molecule has 5 heteroatoms. The third-order valence-electron chi connectivity index (χ3n) is 3.74. The van der Waals surface area contributed by atoms with Crippen LogP contribution in [-0.4, -0.2) is 23.7 Å². The Morgan fingerprint density at radius 3 is 1.87 bits per heavy atom. The first-order valence-electron chi connectivity index (χ1n) is 7.18. The predicted octanol–water partition coefficient (Wildman–Crippen LogP) is 3.79. The van der Waals surface area contributed by atoms with Crippen molar-refractivity contribution in [3.8, 4) is 11.5 Å². The van der Waals surface area contributed by atoms with Gasteiger partial charge in [-0.25, -0.2) is 0 Å². The lowest BCUT2D eigenvalue weighted by atomic mass is 9.78. The molecule has 1 aliphatic rings. The van der Waals surface area contributed by atoms with Gasteiger partial charge in [0.15, 0.2) is 0 Å². The maximum atomic E-state index is 11.1. The van der Waals surface area contributed by atoms with Crippen LogP contribution in [0.25, 0.3) is 0 Å². The number of rotatable bonds is 3. The standard InChI is InChI=1S/C15H16O2.C3H5ClO.H3N/c1-15(2,11-3-7-13(16)8-4-11)12-5-9-14(17)10-6-12;4-1-3-2-5-3;/h3-10,16-17H,1-2H3;3H,1-2H2;1H3. The number of aromatic hydroxyl groups is 1. The van der Waals surface area contributed by atoms with Crippen LogP contribution in [0.4, 0.5) is 0 Å². The molecule has 0 aromatic heterocycles. The number of phenols is 1. The Morgan fingerprint density at radius 2 is 1.52 bits per heavy atom. The maximum Gasteiger partial charge on any atom is 0.115 e. The molecular formula is C18H24ClNO3. The summed E-state index contributed by atoms with van der Waals surface area (Å²) in [4.78, 5) is 0. The third-order valence-corrected chi connectivity index (χ3v) is 4.08. The molecule has 1 heterocycles. The number of alkyl halides is 1. The van der Waals surface area contributed by atoms with Crippen molar-refractivity contribution in [3.63, 3.8) is 0 Å². The highest BCUT2D eigenvalue weighted by molar-refractivity contribution is 6.18. The zero-order chi connectivity index (χ0) is 16.2. The van der Waals surface area contributed by atoms with Gasteiger partial charge in [-0.2, -0.15) is 0 Å². The number of ether oxygens (including phenoxy) is 1. The molecular weight excluding hydrogens is 314 g/mol. The maximum absolute atomic E-state index is 11.1. The van der Waals surface area contributed by atoms with Crippen molar-refractivity contribution < 1.29 is 14.9 Å². The van der Waals surface area contributed by atoms with Crippen molar-refractivity contribution in [2.45, 2.75) is 25.4 Å². The molecule has 2 aromatic carbocycles. The molecule has 5 N–H and O–H groups in total. The molecule has 1 unspecified atom stereocenters. The highest BCUT2D eigenvalue weighted by Gasteiger charge is 2.22. The summed E-state index contributed by atoms with van der Waals surface area (Å²) in [5, 5.41) is 20.4. The van der Waals surface area contributed by atoms with Crippen LogP contribution in [0.5, 0.6) is 11.5 Å². The summed E-state index contributed by atoms with van der Waals surface area (Å²) >= 11 is 5.27. The van der Waals surface area contributed by atoms with Gasteiger partial charge in [-0.3, -0.25) is 0 Å². The molecule has 4 nitrogen and oxygen atoms in total. The quantitative estimate of drug-likeness (QED) is 0.659. The first-order valence-corrected chi connectivity index (χ1v) is 7.71. The van der Waals surface area contributed by atoms with E-state index in [1.165, 1.54) is 0 Å². The van der Waals surface area contributed by atoms with Gasteiger partial charge in [-0.15, -0.1) is 17.4 Å². The molecule has 1 saturated heterocycles. The average Bonchev–Trinajstić information content (AvgIpc) is 3.33. The fourth-order valence-electron chi connectivity index (χ4n) is 2.07. The fraction of sp³-hybridized carbons (Fsp3) is 0.333. The summed E-state index contributed by atoms with van der Waals surface area (Å²) in [5.74, 6) is 0.953. The Morgan fingerprint density at radius 1 is 1.09 bits per heavy atom. The third kappa shape index (κ3) is 5.43. The molecule has 126 valence electrons. The van der Waals surface area contributed by atoms with E-state index in [0.29, 0.717) is 12.0 Å². The van der Waals surface area contributed by atoms with E-state index in [2.05, 4.69) is 13.8 Å². The number of epoxide rings is 1. The molecule has 0 bridgehead atoms. The van der Waals surface area contributed by atoms with E-state index in [1.54, 1.807) is 24.3 Å². The van der Waals surface area contributed by atoms with Crippen molar-refractivity contribution in [2.24, 2.45) is 0 Å². The Labute approximate surface area is 142 Å². The average molecular weight is 338 g/mol. The number of benzene rings is 2. The first kappa shape index (κ1) is 19.3. The smallest absolute Gasteiger partial charge is 0.115 e. The van der Waals surface area contributed by atoms with Crippen molar-refractivity contribution in [1.82, 2.24) is 6.15 Å². The molecule has 0 amide bonds. The van der Waals surface area contributed by atoms with E-state index < -0.39 is 0 Å². The van der Waals surface area contributed by atoms with Crippen LogP contribution in [0.15, 0.2) is 48.5 Å². The molecule has 1 atom stereocenters. The summed E-state index contributed by atoms with van der Waals surface area (Å²) < 4.78 is 4.73. The molecule has 0 saturated carbocycles. The van der Waals surface area contributed by atoms with Gasteiger partial charge >= 0.3 is 0 Å². The van der Waals surface area contributed by atoms with Crippen LogP contribution < -0.4 is 11.3 Å². The van der Waals surface area contributed by atoms with E-state index in [-0.39, 0.29) is 23.1 Å². The van der Waals surface area contributed by atoms with E-state index in [0.717, 1.165) is 17.7 Å². The first-order chi connectivity index (χ1) is 10.4. The molecule has 3 rings (SSSR count). The number of hydrogen-bond donors (Lipinski definition) is 2. The largest absolute Gasteiger partial charge is 0.872 e. The number of hydrogen-bond acceptors (Lipinski definition) is 3. The second kappa shape index (κ2) is 8.20. The highest BCUT2D eigenvalue weighted by atomic mass is 35.5. The molecule has 0 radical (unpaired) electrons. The summed E-state index contributed by atoms with van der Waals surface area (Å²) in [7, 11) is 0. The van der Waals surface area contributed by atoms with E-state index in [9.17, 15) is 10.2 Å². The lowest BCUT2D eigenvalue weighted by Gasteiger charge is -2.26. The minimum absolute atomic E-state index is 0. The Hall–Kier alpha value is -1.75. The number of quaternary nitrogens is 1. The van der Waals surface area contributed by atoms with E-state index >= 15 is 0 Å². The van der Waals surface area contributed by atoms with Gasteiger partial charge in [0, 0.05) is 5.41 Å². The SMILES string of the molecule is CC(C)(c1ccc([O-])cc1)c1ccc(O)cc1.ClCC1CO1.[NH4+]. The molecule has 1 fully saturated rings. The van der Waals surface area contributed by atoms with Gasteiger partial charge < -0.3 is 21.1 Å². The van der Waals surface area contributed by atoms with Crippen LogP contribution in [0.3, 0.4) is 0 Å². The number of phenolic OH excluding ortho intramolecular Hbond substituents is 1. The Balaban J connectivity index is 0.000000377. The second-order valence-electron chi connectivity index (χ2n) is 5.81. The minimum Gasteiger partial charge on any atom is -0.872 e. The Bertz CT molecular complexity index is 545. The van der Waals surface area contributed by atoms with Crippen molar-refractivity contribution in [3.05, 3.63) is 59.7 Å². The fourth-order valence-corrected chi connectivity index (χ4v) is 2.25. The monoisotopic (exact) mass is 337 g/mol. The lowest BCUT2D eigenvalue weighted by Crippen LogP contribution is -2.18. The van der Waals surface area contributed by atoms with Gasteiger partial charge in [0.1, 0.15) is 5.75 Å². The minimum atomic E-state index is -0.179. The second-order valence-corrected chi connectivity index (χ2v) is 6.11. The molecule has 0 spiro atoms. The van der Waals surface area contributed by atoms with Crippen LogP contribution >= 0.6 is 11.6 Å². The van der Waals surface area contributed by atoms with Gasteiger partial charge in [0.2, 0.25) is 0 Å². The van der Waals surface area contributed by atoms with Crippen molar-refractivity contribution in [1.29, 1.82) is 0 Å². The zero-order valence-electron chi connectivity index (χ0n) is 13.8. The van der Waals surface area contributed by atoms with Crippen molar-refractivity contribution >= 4 is 11.6 Å². The molecule has 1 aliphatic heterocycles. The highest BCUT2D eigenvalue weighted by Crippen LogP contribution is 2.32. The van der Waals surface area contributed by atoms with E-state index in [4.69, 9.17) is 16.3 Å². The predicted molar refractivity (Wildman–Crippen MR) is 92.6 cm³/mol. The molecule has 2 aromatic rings. The zero-order valence-corrected chi connectivity index (χ0v) is 14.5. The number of halogens is 1. The molecule has 0 aliphatic carbocycles. The Kier molecular flexibility index (Phi) is 6.88. The summed E-state index contributed by atoms with van der Waals surface area (Å²) in [5.41, 5.74) is 2.01. The lowest BCUT2D eigenvalue weighted by molar-refractivity contribution is -0.268.